The lowest BCUT2D eigenvalue weighted by molar-refractivity contribution is 0.303. The normalized spacial score (nSPS) is 10.3. The molecule has 1 aromatic rings. The van der Waals surface area contributed by atoms with Crippen LogP contribution in [0.1, 0.15) is 5.56 Å². The van der Waals surface area contributed by atoms with E-state index in [1.54, 1.807) is 24.1 Å². The van der Waals surface area contributed by atoms with Crippen molar-refractivity contribution in [2.75, 3.05) is 25.1 Å². The summed E-state index contributed by atoms with van der Waals surface area (Å²) in [4.78, 5) is 1.66. The van der Waals surface area contributed by atoms with E-state index in [0.717, 1.165) is 5.56 Å². The van der Waals surface area contributed by atoms with Gasteiger partial charge in [-0.3, -0.25) is 0 Å². The van der Waals surface area contributed by atoms with E-state index < -0.39 is 0 Å². The number of aliphatic hydroxyl groups excluding tert-OH is 1. The van der Waals surface area contributed by atoms with Crippen molar-refractivity contribution in [1.29, 1.82) is 0 Å². The molecule has 0 radical (unpaired) electrons. The molecule has 0 unspecified atom stereocenters. The van der Waals surface area contributed by atoms with Crippen molar-refractivity contribution in [3.8, 4) is 0 Å². The average Bonchev–Trinajstić information content (AvgIpc) is 2.17. The molecule has 1 rings (SSSR count). The molecule has 0 aliphatic heterocycles. The summed E-state index contributed by atoms with van der Waals surface area (Å²) in [5.41, 5.74) is 6.72. The highest BCUT2D eigenvalue weighted by Crippen LogP contribution is 2.22. The van der Waals surface area contributed by atoms with Gasteiger partial charge in [-0.1, -0.05) is 12.1 Å². The number of benzene rings is 1. The van der Waals surface area contributed by atoms with E-state index in [9.17, 15) is 4.39 Å². The summed E-state index contributed by atoms with van der Waals surface area (Å²) in [6.07, 6.45) is 0. The van der Waals surface area contributed by atoms with Crippen LogP contribution in [-0.4, -0.2) is 25.3 Å². The van der Waals surface area contributed by atoms with Crippen LogP contribution < -0.4 is 10.6 Å². The Morgan fingerprint density at radius 3 is 2.79 bits per heavy atom. The van der Waals surface area contributed by atoms with Gasteiger partial charge in [-0.15, -0.1) is 0 Å². The summed E-state index contributed by atoms with van der Waals surface area (Å²) in [7, 11) is 1.73. The summed E-state index contributed by atoms with van der Waals surface area (Å²) in [6.45, 7) is 0.686. The van der Waals surface area contributed by atoms with Gasteiger partial charge in [-0.05, 0) is 11.6 Å². The Bertz CT molecular complexity index is 304. The smallest absolute Gasteiger partial charge is 0.146 e. The molecule has 0 bridgehead atoms. The number of nitrogens with two attached hydrogens (primary N) is 1. The minimum Gasteiger partial charge on any atom is -0.395 e. The molecule has 0 atom stereocenters. The molecule has 0 fully saturated rings. The predicted octanol–water partition coefficient (Wildman–Crippen LogP) is 0.713. The molecule has 0 aliphatic carbocycles. The van der Waals surface area contributed by atoms with Gasteiger partial charge in [0.05, 0.1) is 12.3 Å². The van der Waals surface area contributed by atoms with Crippen LogP contribution in [0.25, 0.3) is 0 Å². The lowest BCUT2D eigenvalue weighted by Crippen LogP contribution is -2.24. The van der Waals surface area contributed by atoms with Crippen LogP contribution in [0.3, 0.4) is 0 Å². The van der Waals surface area contributed by atoms with Gasteiger partial charge in [0.2, 0.25) is 0 Å². The zero-order valence-corrected chi connectivity index (χ0v) is 8.20. The number of para-hydroxylation sites is 1. The number of aliphatic hydroxyl groups is 1. The highest BCUT2D eigenvalue weighted by atomic mass is 19.1. The molecule has 0 amide bonds. The second-order valence-electron chi connectivity index (χ2n) is 3.10. The summed E-state index contributed by atoms with van der Waals surface area (Å²) < 4.78 is 13.4. The zero-order valence-electron chi connectivity index (χ0n) is 8.20. The Morgan fingerprint density at radius 1 is 1.50 bits per heavy atom. The van der Waals surface area contributed by atoms with Gasteiger partial charge in [-0.25, -0.2) is 4.39 Å². The fourth-order valence-electron chi connectivity index (χ4n) is 1.41. The molecule has 78 valence electrons. The van der Waals surface area contributed by atoms with Crippen LogP contribution in [0.2, 0.25) is 0 Å². The van der Waals surface area contributed by atoms with Gasteiger partial charge in [0.25, 0.3) is 0 Å². The molecular weight excluding hydrogens is 183 g/mol. The SMILES string of the molecule is CN(CCO)c1c(F)cccc1CN. The second kappa shape index (κ2) is 4.93. The molecule has 4 heteroatoms. The number of likely N-dealkylation sites (N-methyl/N-ethyl adjacent to an activating group) is 1. The first-order chi connectivity index (χ1) is 6.70. The largest absolute Gasteiger partial charge is 0.395 e. The average molecular weight is 198 g/mol. The van der Waals surface area contributed by atoms with Gasteiger partial charge in [0.15, 0.2) is 0 Å². The van der Waals surface area contributed by atoms with Crippen molar-refractivity contribution in [3.05, 3.63) is 29.6 Å². The Balaban J connectivity index is 3.03. The van der Waals surface area contributed by atoms with Crippen LogP contribution in [0.5, 0.6) is 0 Å². The van der Waals surface area contributed by atoms with Crippen LogP contribution >= 0.6 is 0 Å². The van der Waals surface area contributed by atoms with Gasteiger partial charge in [0.1, 0.15) is 5.82 Å². The van der Waals surface area contributed by atoms with Crippen LogP contribution in [0.15, 0.2) is 18.2 Å². The molecule has 0 aromatic heterocycles. The summed E-state index contributed by atoms with van der Waals surface area (Å²) in [5.74, 6) is -0.302. The molecule has 3 nitrogen and oxygen atoms in total. The van der Waals surface area contributed by atoms with E-state index in [2.05, 4.69) is 0 Å². The molecule has 0 aliphatic rings. The number of hydrogen-bond donors (Lipinski definition) is 2. The highest BCUT2D eigenvalue weighted by Gasteiger charge is 2.10. The number of nitrogens with zero attached hydrogens (tertiary/aromatic N) is 1. The van der Waals surface area contributed by atoms with Crippen molar-refractivity contribution < 1.29 is 9.50 Å². The maximum absolute atomic E-state index is 13.4. The van der Waals surface area contributed by atoms with E-state index in [0.29, 0.717) is 18.8 Å². The van der Waals surface area contributed by atoms with Crippen molar-refractivity contribution in [2.45, 2.75) is 6.54 Å². The third kappa shape index (κ3) is 2.21. The molecule has 1 aromatic carbocycles. The van der Waals surface area contributed by atoms with E-state index in [1.807, 2.05) is 0 Å². The van der Waals surface area contributed by atoms with Gasteiger partial charge in [0, 0.05) is 20.1 Å². The predicted molar refractivity (Wildman–Crippen MR) is 54.6 cm³/mol. The fraction of sp³-hybridized carbons (Fsp3) is 0.400. The zero-order chi connectivity index (χ0) is 10.6. The topological polar surface area (TPSA) is 49.5 Å². The summed E-state index contributed by atoms with van der Waals surface area (Å²) in [5, 5.41) is 8.76. The first-order valence-corrected chi connectivity index (χ1v) is 4.50. The Kier molecular flexibility index (Phi) is 3.85. The molecule has 0 heterocycles. The Hall–Kier alpha value is -1.13. The van der Waals surface area contributed by atoms with E-state index in [4.69, 9.17) is 10.8 Å². The highest BCUT2D eigenvalue weighted by molar-refractivity contribution is 5.54. The standard InChI is InChI=1S/C10H15FN2O/c1-13(5-6-14)10-8(7-12)3-2-4-9(10)11/h2-4,14H,5-7,12H2,1H3. The van der Waals surface area contributed by atoms with Gasteiger partial charge >= 0.3 is 0 Å². The first-order valence-electron chi connectivity index (χ1n) is 4.50. The number of halogens is 1. The van der Waals surface area contributed by atoms with Crippen molar-refractivity contribution in [3.63, 3.8) is 0 Å². The molecule has 0 saturated heterocycles. The Labute approximate surface area is 83.0 Å². The monoisotopic (exact) mass is 198 g/mol. The lowest BCUT2D eigenvalue weighted by atomic mass is 10.1. The van der Waals surface area contributed by atoms with Crippen LogP contribution in [0, 0.1) is 5.82 Å². The number of hydrogen-bond acceptors (Lipinski definition) is 3. The minimum atomic E-state index is -0.302. The molecule has 14 heavy (non-hydrogen) atoms. The van der Waals surface area contributed by atoms with Crippen molar-refractivity contribution in [1.82, 2.24) is 0 Å². The quantitative estimate of drug-likeness (QED) is 0.749. The van der Waals surface area contributed by atoms with Crippen molar-refractivity contribution in [2.24, 2.45) is 5.73 Å². The first kappa shape index (κ1) is 10.9. The van der Waals surface area contributed by atoms with Crippen LogP contribution in [0.4, 0.5) is 10.1 Å². The maximum Gasteiger partial charge on any atom is 0.146 e. The summed E-state index contributed by atoms with van der Waals surface area (Å²) >= 11 is 0. The second-order valence-corrected chi connectivity index (χ2v) is 3.10. The maximum atomic E-state index is 13.4. The van der Waals surface area contributed by atoms with E-state index in [1.165, 1.54) is 6.07 Å². The van der Waals surface area contributed by atoms with E-state index in [-0.39, 0.29) is 12.4 Å². The molecular formula is C10H15FN2O. The van der Waals surface area contributed by atoms with Crippen molar-refractivity contribution >= 4 is 5.69 Å². The minimum absolute atomic E-state index is 0.00511. The fourth-order valence-corrected chi connectivity index (χ4v) is 1.41. The lowest BCUT2D eigenvalue weighted by Gasteiger charge is -2.21. The molecule has 3 N–H and O–H groups in total. The third-order valence-electron chi connectivity index (χ3n) is 2.11. The Morgan fingerprint density at radius 2 is 2.21 bits per heavy atom. The summed E-state index contributed by atoms with van der Waals surface area (Å²) in [6, 6.07) is 4.81. The van der Waals surface area contributed by atoms with Crippen LogP contribution in [-0.2, 0) is 6.54 Å². The van der Waals surface area contributed by atoms with Gasteiger partial charge < -0.3 is 15.7 Å². The molecule has 0 spiro atoms. The number of rotatable bonds is 4. The number of anilines is 1. The third-order valence-corrected chi connectivity index (χ3v) is 2.11. The van der Waals surface area contributed by atoms with E-state index >= 15 is 0 Å². The van der Waals surface area contributed by atoms with Gasteiger partial charge in [-0.2, -0.15) is 0 Å². The molecule has 0 saturated carbocycles.